The summed E-state index contributed by atoms with van der Waals surface area (Å²) in [6.07, 6.45) is 4.53. The molecule has 9 N–H and O–H groups in total. The average Bonchev–Trinajstić information content (AvgIpc) is 3.24. The Morgan fingerprint density at radius 2 is 1.05 bits per heavy atom. The number of carboxylic acid groups (broad SMARTS) is 2. The highest BCUT2D eigenvalue weighted by atomic mass is 16.5. The van der Waals surface area contributed by atoms with Gasteiger partial charge in [-0.2, -0.15) is 0 Å². The Balaban J connectivity index is 0.000000202. The van der Waals surface area contributed by atoms with Gasteiger partial charge in [0.25, 0.3) is 12.4 Å². The molecule has 5 heterocycles. The molecule has 0 aliphatic rings. The molecule has 1 unspecified atom stereocenters. The van der Waals surface area contributed by atoms with Crippen LogP contribution in [0.2, 0.25) is 0 Å². The summed E-state index contributed by atoms with van der Waals surface area (Å²) in [6, 6.07) is 13.0. The number of nitrogens with zero attached hydrogens (tertiary/aromatic N) is 14. The minimum atomic E-state index is -1.04. The first-order valence-electron chi connectivity index (χ1n) is 18.4. The number of carboxylic acids is 2. The molecule has 0 radical (unpaired) electrons. The fourth-order valence-electron chi connectivity index (χ4n) is 4.78. The number of ether oxygens (including phenoxy) is 1. The van der Waals surface area contributed by atoms with Crippen LogP contribution in [-0.4, -0.2) is 118 Å². The lowest BCUT2D eigenvalue weighted by atomic mass is 10.1. The van der Waals surface area contributed by atoms with Gasteiger partial charge in [-0.05, 0) is 61.6 Å². The lowest BCUT2D eigenvalue weighted by Crippen LogP contribution is -2.32. The molecule has 0 aliphatic heterocycles. The van der Waals surface area contributed by atoms with Crippen LogP contribution in [0, 0.1) is 20.8 Å². The zero-order valence-corrected chi connectivity index (χ0v) is 33.3. The maximum absolute atomic E-state index is 10.7. The number of carbonyl (C=O) groups excluding carboxylic acids is 1. The van der Waals surface area contributed by atoms with E-state index in [1.807, 2.05) is 30.3 Å². The second kappa shape index (κ2) is 23.7. The zero-order chi connectivity index (χ0) is 44.1. The van der Waals surface area contributed by atoms with Crippen molar-refractivity contribution in [2.45, 2.75) is 77.7 Å². The van der Waals surface area contributed by atoms with Gasteiger partial charge in [0.15, 0.2) is 35.3 Å². The number of hydrogen-bond acceptors (Lipinski definition) is 22. The molecule has 24 heteroatoms. The van der Waals surface area contributed by atoms with Crippen LogP contribution in [0.3, 0.4) is 0 Å². The van der Waals surface area contributed by atoms with E-state index >= 15 is 0 Å². The van der Waals surface area contributed by atoms with Crippen molar-refractivity contribution in [3.63, 3.8) is 0 Å². The third kappa shape index (κ3) is 17.1. The Morgan fingerprint density at radius 3 is 1.56 bits per heavy atom. The van der Waals surface area contributed by atoms with Gasteiger partial charge < -0.3 is 31.7 Å². The summed E-state index contributed by atoms with van der Waals surface area (Å²) in [4.78, 5) is 39.9. The molecule has 6 rings (SSSR count). The maximum atomic E-state index is 10.7. The average molecular weight is 837 g/mol. The minimum absolute atomic E-state index is 0.192. The van der Waals surface area contributed by atoms with Gasteiger partial charge in [-0.25, -0.2) is 0 Å². The highest BCUT2D eigenvalue weighted by Gasteiger charge is 2.14. The van der Waals surface area contributed by atoms with E-state index in [9.17, 15) is 14.4 Å². The van der Waals surface area contributed by atoms with Crippen molar-refractivity contribution >= 4 is 24.4 Å². The Kier molecular flexibility index (Phi) is 18.0. The third-order valence-electron chi connectivity index (χ3n) is 7.95. The molecular formula is C37H44N18O6. The smallest absolute Gasteiger partial charge is 0.320 e. The first kappa shape index (κ1) is 46.1. The summed E-state index contributed by atoms with van der Waals surface area (Å²) in [6.45, 7) is 5.97. The van der Waals surface area contributed by atoms with Crippen LogP contribution in [0.1, 0.15) is 62.8 Å². The van der Waals surface area contributed by atoms with Crippen LogP contribution < -0.4 is 22.5 Å². The normalized spacial score (nSPS) is 12.0. The molecule has 0 saturated heterocycles. The van der Waals surface area contributed by atoms with Crippen LogP contribution in [0.4, 0.5) is 5.95 Å². The fraction of sp³-hybridized carbons (Fsp3) is 0.324. The van der Waals surface area contributed by atoms with Crippen LogP contribution in [0.25, 0.3) is 0 Å². The number of aliphatic carboxylic acids is 2. The fourth-order valence-corrected chi connectivity index (χ4v) is 4.78. The van der Waals surface area contributed by atoms with Crippen LogP contribution >= 0.6 is 0 Å². The summed E-state index contributed by atoms with van der Waals surface area (Å²) in [5, 5.41) is 66.8. The van der Waals surface area contributed by atoms with Crippen LogP contribution in [-0.2, 0) is 57.8 Å². The number of pyridine rings is 2. The Hall–Kier alpha value is -7.57. The van der Waals surface area contributed by atoms with E-state index in [1.165, 1.54) is 0 Å². The summed E-state index contributed by atoms with van der Waals surface area (Å²) in [7, 11) is 0. The number of aromatic nitrogens is 14. The number of anilines is 1. The van der Waals surface area contributed by atoms with Crippen molar-refractivity contribution in [2.75, 3.05) is 5.32 Å². The van der Waals surface area contributed by atoms with Gasteiger partial charge in [-0.3, -0.25) is 30.1 Å². The van der Waals surface area contributed by atoms with Gasteiger partial charge in [-0.15, -0.1) is 61.2 Å². The molecule has 1 aromatic carbocycles. The molecule has 0 fully saturated rings. The highest BCUT2D eigenvalue weighted by molar-refractivity contribution is 5.73. The van der Waals surface area contributed by atoms with Crippen LogP contribution in [0.15, 0.2) is 60.9 Å². The van der Waals surface area contributed by atoms with E-state index in [1.54, 1.807) is 51.4 Å². The SMILES string of the molecule is Cc1nnc(Cc2ccc(CC(N)OC=O)cc2)nn1.Cc1nnc(Cc2ccc(C[C@H](N)C(=O)O)cn2)nn1.Cc1nnc(NCc2ccc(C[C@H](N)C(=O)O)nc2)nn1. The van der Waals surface area contributed by atoms with E-state index in [-0.39, 0.29) is 12.8 Å². The molecule has 61 heavy (non-hydrogen) atoms. The number of hydrogen-bond donors (Lipinski definition) is 6. The summed E-state index contributed by atoms with van der Waals surface area (Å²) in [5.74, 6) is 0.882. The number of carbonyl (C=O) groups is 3. The molecule has 0 spiro atoms. The molecule has 0 amide bonds. The van der Waals surface area contributed by atoms with Gasteiger partial charge in [0.2, 0.25) is 0 Å². The standard InChI is InChI=1S/C13H15N5O2.C12H15N7O2.C12H14N6O2/c1-9-15-17-13(18-16-9)7-11-4-2-10(3-5-11)6-12(14)20-8-19;1-7-16-18-12(19-17-7)15-6-8-2-3-9(14-5-8)4-10(13)11(20)21;1-7-15-17-11(18-16-7)5-9-3-2-8(6-14-9)4-10(13)12(19)20/h2-5,8,12H,6-7,14H2,1H3;2-3,5,10H,4,6,13H2,1H3,(H,20,21)(H,15,18,19);2-3,6,10H,4-5,13H2,1H3,(H,19,20)/t;2*10-/m.00/s1. The van der Waals surface area contributed by atoms with Crippen molar-refractivity contribution < 1.29 is 29.3 Å². The van der Waals surface area contributed by atoms with Crippen molar-refractivity contribution in [1.82, 2.24) is 71.2 Å². The Bertz CT molecular complexity index is 2260. The number of nitrogens with one attached hydrogen (secondary N) is 1. The predicted molar refractivity (Wildman–Crippen MR) is 212 cm³/mol. The van der Waals surface area contributed by atoms with E-state index in [4.69, 9.17) is 27.4 Å². The molecule has 24 nitrogen and oxygen atoms in total. The molecule has 0 aliphatic carbocycles. The molecule has 6 aromatic rings. The molecule has 3 atom stereocenters. The van der Waals surface area contributed by atoms with Crippen molar-refractivity contribution in [2.24, 2.45) is 17.2 Å². The van der Waals surface area contributed by atoms with Crippen molar-refractivity contribution in [1.29, 1.82) is 0 Å². The summed E-state index contributed by atoms with van der Waals surface area (Å²) < 4.78 is 4.64. The lowest BCUT2D eigenvalue weighted by Gasteiger charge is -2.09. The largest absolute Gasteiger partial charge is 0.480 e. The summed E-state index contributed by atoms with van der Waals surface area (Å²) >= 11 is 0. The number of aryl methyl sites for hydroxylation is 3. The molecule has 318 valence electrons. The van der Waals surface area contributed by atoms with Crippen molar-refractivity contribution in [3.05, 3.63) is 124 Å². The monoisotopic (exact) mass is 836 g/mol. The number of rotatable bonds is 17. The second-order valence-corrected chi connectivity index (χ2v) is 13.1. The van der Waals surface area contributed by atoms with Gasteiger partial charge >= 0.3 is 11.9 Å². The number of nitrogens with two attached hydrogens (primary N) is 3. The van der Waals surface area contributed by atoms with E-state index in [2.05, 4.69) is 81.2 Å². The topological polar surface area (TPSA) is 371 Å². The first-order chi connectivity index (χ1) is 29.3. The predicted octanol–water partition coefficient (Wildman–Crippen LogP) is -0.782. The van der Waals surface area contributed by atoms with E-state index in [0.717, 1.165) is 27.9 Å². The first-order valence-corrected chi connectivity index (χ1v) is 18.4. The lowest BCUT2D eigenvalue weighted by molar-refractivity contribution is -0.139. The van der Waals surface area contributed by atoms with Gasteiger partial charge in [0.05, 0.1) is 6.42 Å². The second-order valence-electron chi connectivity index (χ2n) is 13.1. The van der Waals surface area contributed by atoms with Gasteiger partial charge in [-0.1, -0.05) is 36.4 Å². The summed E-state index contributed by atoms with van der Waals surface area (Å²) in [5.41, 5.74) is 21.6. The zero-order valence-electron chi connectivity index (χ0n) is 33.3. The molecular weight excluding hydrogens is 793 g/mol. The molecule has 0 saturated carbocycles. The Labute approximate surface area is 348 Å². The quantitative estimate of drug-likeness (QED) is 0.0484. The van der Waals surface area contributed by atoms with Gasteiger partial charge in [0.1, 0.15) is 12.1 Å². The maximum Gasteiger partial charge on any atom is 0.320 e. The molecule has 5 aromatic heterocycles. The van der Waals surface area contributed by atoms with E-state index < -0.39 is 30.3 Å². The van der Waals surface area contributed by atoms with Crippen molar-refractivity contribution in [3.8, 4) is 0 Å². The third-order valence-corrected chi connectivity index (χ3v) is 7.95. The van der Waals surface area contributed by atoms with E-state index in [0.29, 0.717) is 73.0 Å². The van der Waals surface area contributed by atoms with Gasteiger partial charge in [0, 0.05) is 49.6 Å². The highest BCUT2D eigenvalue weighted by Crippen LogP contribution is 2.10. The van der Waals surface area contributed by atoms with Crippen LogP contribution in [0.5, 0.6) is 0 Å². The number of benzene rings is 1. The molecule has 0 bridgehead atoms. The minimum Gasteiger partial charge on any atom is -0.480 e. The Morgan fingerprint density at radius 1 is 0.590 bits per heavy atom.